The molecule has 2 N–H and O–H groups in total. The molecule has 6 aromatic carbocycles. The molecule has 292 valence electrons. The van der Waals surface area contributed by atoms with Crippen LogP contribution in [0.3, 0.4) is 0 Å². The molecule has 2 aliphatic heterocycles. The van der Waals surface area contributed by atoms with Crippen molar-refractivity contribution in [3.63, 3.8) is 0 Å². The maximum Gasteiger partial charge on any atom is 0.221 e. The van der Waals surface area contributed by atoms with Gasteiger partial charge in [0.2, 0.25) is 15.7 Å². The number of nitrogens with two attached hydrogens (primary N) is 1. The second-order valence-electron chi connectivity index (χ2n) is 16.2. The van der Waals surface area contributed by atoms with Crippen LogP contribution in [0.1, 0.15) is 107 Å². The zero-order valence-corrected chi connectivity index (χ0v) is 34.8. The Kier molecular flexibility index (Phi) is 10.9. The number of primary amides is 1. The van der Waals surface area contributed by atoms with Crippen LogP contribution in [-0.4, -0.2) is 14.3 Å². The third kappa shape index (κ3) is 7.37. The number of benzene rings is 6. The molecule has 0 unspecified atom stereocenters. The number of hydrogen-bond acceptors (Lipinski definition) is 5. The molecule has 57 heavy (non-hydrogen) atoms. The molecule has 0 aromatic heterocycles. The molecule has 0 atom stereocenters. The summed E-state index contributed by atoms with van der Waals surface area (Å²) in [5.74, 6) is 2.20. The second-order valence-corrected chi connectivity index (χ2v) is 18.0. The Labute approximate surface area is 337 Å². The van der Waals surface area contributed by atoms with Crippen LogP contribution in [0.2, 0.25) is 0 Å². The van der Waals surface area contributed by atoms with E-state index in [2.05, 4.69) is 73.6 Å². The van der Waals surface area contributed by atoms with Crippen molar-refractivity contribution in [1.29, 1.82) is 0 Å². The van der Waals surface area contributed by atoms with Gasteiger partial charge in [-0.25, -0.2) is 8.42 Å². The summed E-state index contributed by atoms with van der Waals surface area (Å²) < 4.78 is 41.5. The number of para-hydroxylation sites is 2. The molecule has 0 saturated carbocycles. The summed E-state index contributed by atoms with van der Waals surface area (Å²) in [7, 11) is -3.77. The molecular formula is C50H51NO5S. The van der Waals surface area contributed by atoms with E-state index in [1.807, 2.05) is 97.1 Å². The molecule has 8 rings (SSSR count). The lowest BCUT2D eigenvalue weighted by molar-refractivity contribution is -0.117. The number of carbonyl (C=O) groups is 1. The molecule has 7 heteroatoms. The van der Waals surface area contributed by atoms with Crippen molar-refractivity contribution < 1.29 is 22.7 Å². The fourth-order valence-electron chi connectivity index (χ4n) is 8.42. The first-order valence-electron chi connectivity index (χ1n) is 19.8. The summed E-state index contributed by atoms with van der Waals surface area (Å²) >= 11 is 0. The Bertz CT molecular complexity index is 2510. The maximum atomic E-state index is 14.6. The minimum absolute atomic E-state index is 0.0210. The van der Waals surface area contributed by atoms with Gasteiger partial charge in [0, 0.05) is 5.56 Å². The molecule has 6 nitrogen and oxygen atoms in total. The van der Waals surface area contributed by atoms with E-state index >= 15 is 0 Å². The van der Waals surface area contributed by atoms with Gasteiger partial charge in [0.25, 0.3) is 0 Å². The van der Waals surface area contributed by atoms with Crippen molar-refractivity contribution in [3.05, 3.63) is 143 Å². The van der Waals surface area contributed by atoms with Crippen LogP contribution in [0, 0.1) is 0 Å². The highest BCUT2D eigenvalue weighted by Crippen LogP contribution is 2.60. The molecular weight excluding hydrogens is 727 g/mol. The van der Waals surface area contributed by atoms with Crippen LogP contribution >= 0.6 is 0 Å². The second kappa shape index (κ2) is 15.7. The third-order valence-corrected chi connectivity index (χ3v) is 12.7. The number of sulfone groups is 1. The third-order valence-electron chi connectivity index (χ3n) is 10.8. The van der Waals surface area contributed by atoms with Gasteiger partial charge in [-0.1, -0.05) is 116 Å². The minimum Gasteiger partial charge on any atom is -0.457 e. The van der Waals surface area contributed by atoms with Crippen molar-refractivity contribution in [2.75, 3.05) is 0 Å². The predicted octanol–water partition coefficient (Wildman–Crippen LogP) is 12.9. The smallest absolute Gasteiger partial charge is 0.221 e. The van der Waals surface area contributed by atoms with Gasteiger partial charge in [-0.2, -0.15) is 0 Å². The minimum atomic E-state index is -3.77. The largest absolute Gasteiger partial charge is 0.457 e. The first-order chi connectivity index (χ1) is 27.2. The average Bonchev–Trinajstić information content (AvgIpc) is 3.17. The molecule has 0 aliphatic carbocycles. The summed E-state index contributed by atoms with van der Waals surface area (Å²) in [5, 5.41) is 0. The molecule has 6 aromatic rings. The van der Waals surface area contributed by atoms with Crippen LogP contribution < -0.4 is 15.2 Å². The lowest BCUT2D eigenvalue weighted by atomic mass is 9.73. The van der Waals surface area contributed by atoms with E-state index in [0.717, 1.165) is 72.7 Å². The van der Waals surface area contributed by atoms with Gasteiger partial charge in [-0.05, 0) is 134 Å². The highest BCUT2D eigenvalue weighted by Gasteiger charge is 2.47. The van der Waals surface area contributed by atoms with E-state index < -0.39 is 15.7 Å². The zero-order chi connectivity index (χ0) is 40.8. The molecule has 0 radical (unpaired) electrons. The molecule has 0 fully saturated rings. The topological polar surface area (TPSA) is 95.7 Å². The Hall–Kier alpha value is -5.66. The van der Waals surface area contributed by atoms with Crippen LogP contribution in [-0.2, 0) is 21.1 Å². The fourth-order valence-corrected chi connectivity index (χ4v) is 10.7. The lowest BCUT2D eigenvalue weighted by Gasteiger charge is -2.38. The van der Waals surface area contributed by atoms with Crippen LogP contribution in [0.4, 0.5) is 0 Å². The number of fused-ring (bicyclic) bond motifs is 2. The molecule has 1 amide bonds. The van der Waals surface area contributed by atoms with Gasteiger partial charge in [-0.15, -0.1) is 0 Å². The van der Waals surface area contributed by atoms with Crippen molar-refractivity contribution in [3.8, 4) is 56.4 Å². The molecule has 2 heterocycles. The summed E-state index contributed by atoms with van der Waals surface area (Å²) in [4.78, 5) is 13.6. The summed E-state index contributed by atoms with van der Waals surface area (Å²) in [6, 6.07) is 37.3. The van der Waals surface area contributed by atoms with E-state index in [9.17, 15) is 13.2 Å². The SMILES string of the molecule is CC(C)c1cc(-c2ccc(Oc3ccccc3)cc2)c(-c2c(C(C)C)c3c(-c4ccc(Oc5ccccc5)cc4)c(c2C(C)C)S3(=O)=O)c(C(C)C)c1CC(N)=O. The number of rotatable bonds is 13. The van der Waals surface area contributed by atoms with E-state index in [4.69, 9.17) is 15.2 Å². The van der Waals surface area contributed by atoms with Crippen molar-refractivity contribution in [1.82, 2.24) is 0 Å². The molecule has 0 spiro atoms. The highest BCUT2D eigenvalue weighted by molar-refractivity contribution is 7.93. The standard InChI is InChI=1S/C50H51NO5S/c1-29(2)39-27-40(33-19-23-37(24-20-33)55-35-15-11-9-12-16-35)47(43(30(3)4)41(39)28-42(51)52)48-44(31(5)6)49-46(50(57(49,53)54)45(48)32(7)8)34-21-25-38(26-22-34)56-36-17-13-10-14-18-36/h9-27,29-32H,28H2,1-8H3,(H2,51,52). The Morgan fingerprint density at radius 3 is 1.35 bits per heavy atom. The highest BCUT2D eigenvalue weighted by atomic mass is 32.2. The van der Waals surface area contributed by atoms with E-state index in [-0.39, 0.29) is 30.1 Å². The number of ether oxygens (including phenoxy) is 2. The van der Waals surface area contributed by atoms with Crippen molar-refractivity contribution in [2.45, 2.75) is 95.3 Å². The maximum absolute atomic E-state index is 14.6. The van der Waals surface area contributed by atoms with Crippen LogP contribution in [0.25, 0.3) is 33.4 Å². The number of hydrogen-bond donors (Lipinski definition) is 1. The van der Waals surface area contributed by atoms with E-state index in [0.29, 0.717) is 21.3 Å². The summed E-state index contributed by atoms with van der Waals surface area (Å²) in [6.45, 7) is 16.9. The Balaban J connectivity index is 1.52. The first-order valence-corrected chi connectivity index (χ1v) is 21.3. The molecule has 2 aliphatic rings. The van der Waals surface area contributed by atoms with E-state index in [1.54, 1.807) is 0 Å². The van der Waals surface area contributed by atoms with Crippen molar-refractivity contribution in [2.24, 2.45) is 5.73 Å². The first kappa shape index (κ1) is 39.6. The zero-order valence-electron chi connectivity index (χ0n) is 34.0. The van der Waals surface area contributed by atoms with Gasteiger partial charge in [0.05, 0.1) is 16.2 Å². The fraction of sp³-hybridized carbons (Fsp3) is 0.260. The number of carbonyl (C=O) groups excluding carboxylic acids is 1. The van der Waals surface area contributed by atoms with Crippen LogP contribution in [0.15, 0.2) is 125 Å². The van der Waals surface area contributed by atoms with Gasteiger partial charge in [0.15, 0.2) is 0 Å². The normalized spacial score (nSPS) is 13.0. The monoisotopic (exact) mass is 777 g/mol. The summed E-state index contributed by atoms with van der Waals surface area (Å²) in [5.41, 5.74) is 16.0. The van der Waals surface area contributed by atoms with Gasteiger partial charge >= 0.3 is 0 Å². The molecule has 0 saturated heterocycles. The van der Waals surface area contributed by atoms with Gasteiger partial charge < -0.3 is 15.2 Å². The Morgan fingerprint density at radius 1 is 0.526 bits per heavy atom. The molecule has 2 bridgehead atoms. The van der Waals surface area contributed by atoms with E-state index in [1.165, 1.54) is 0 Å². The Morgan fingerprint density at radius 2 is 0.947 bits per heavy atom. The van der Waals surface area contributed by atoms with Gasteiger partial charge in [-0.3, -0.25) is 4.79 Å². The average molecular weight is 778 g/mol. The number of amides is 1. The lowest BCUT2D eigenvalue weighted by Crippen LogP contribution is -2.26. The quantitative estimate of drug-likeness (QED) is 0.126. The van der Waals surface area contributed by atoms with Gasteiger partial charge in [0.1, 0.15) is 23.0 Å². The predicted molar refractivity (Wildman–Crippen MR) is 230 cm³/mol. The summed E-state index contributed by atoms with van der Waals surface area (Å²) in [6.07, 6.45) is 0.0830. The van der Waals surface area contributed by atoms with Crippen LogP contribution in [0.5, 0.6) is 23.0 Å². The van der Waals surface area contributed by atoms with Crippen molar-refractivity contribution >= 4 is 15.7 Å².